The third-order valence-corrected chi connectivity index (χ3v) is 4.92. The minimum atomic E-state index is 0.0377. The molecule has 1 saturated heterocycles. The molecule has 2 aliphatic rings. The molecule has 3 heterocycles. The van der Waals surface area contributed by atoms with Crippen LogP contribution in [0.1, 0.15) is 24.1 Å². The Morgan fingerprint density at radius 3 is 3.00 bits per heavy atom. The van der Waals surface area contributed by atoms with Gasteiger partial charge in [0.2, 0.25) is 5.91 Å². The first-order valence-corrected chi connectivity index (χ1v) is 8.71. The Balaban J connectivity index is 1.57. The molecule has 126 valence electrons. The lowest BCUT2D eigenvalue weighted by molar-refractivity contribution is -0.136. The zero-order chi connectivity index (χ0) is 16.5. The van der Waals surface area contributed by atoms with Gasteiger partial charge in [0.25, 0.3) is 0 Å². The summed E-state index contributed by atoms with van der Waals surface area (Å²) in [5.41, 5.74) is 4.48. The number of hydrogen-bond donors (Lipinski definition) is 0. The number of aryl methyl sites for hydroxylation is 2. The van der Waals surface area contributed by atoms with Crippen LogP contribution < -0.4 is 0 Å². The summed E-state index contributed by atoms with van der Waals surface area (Å²) in [6, 6.07) is 10.5. The minimum absolute atomic E-state index is 0.0377. The summed E-state index contributed by atoms with van der Waals surface area (Å²) in [7, 11) is 0. The van der Waals surface area contributed by atoms with E-state index in [0.717, 1.165) is 42.9 Å². The summed E-state index contributed by atoms with van der Waals surface area (Å²) >= 11 is 0. The van der Waals surface area contributed by atoms with Crippen LogP contribution in [0.25, 0.3) is 11.3 Å². The van der Waals surface area contributed by atoms with Gasteiger partial charge in [0.05, 0.1) is 30.5 Å². The van der Waals surface area contributed by atoms with E-state index in [4.69, 9.17) is 9.84 Å². The number of aromatic nitrogens is 2. The van der Waals surface area contributed by atoms with Crippen molar-refractivity contribution in [3.63, 3.8) is 0 Å². The summed E-state index contributed by atoms with van der Waals surface area (Å²) in [4.78, 5) is 14.7. The van der Waals surface area contributed by atoms with Crippen LogP contribution in [0.5, 0.6) is 0 Å². The molecular formula is C19H23N3O2. The van der Waals surface area contributed by atoms with Gasteiger partial charge in [-0.1, -0.05) is 23.8 Å². The van der Waals surface area contributed by atoms with Crippen LogP contribution in [0.3, 0.4) is 0 Å². The lowest BCUT2D eigenvalue weighted by atomic mass is 10.1. The highest BCUT2D eigenvalue weighted by molar-refractivity contribution is 5.79. The van der Waals surface area contributed by atoms with Crippen LogP contribution in [0.4, 0.5) is 0 Å². The van der Waals surface area contributed by atoms with Gasteiger partial charge in [-0.2, -0.15) is 5.10 Å². The van der Waals surface area contributed by atoms with Crippen molar-refractivity contribution in [1.82, 2.24) is 14.7 Å². The summed E-state index contributed by atoms with van der Waals surface area (Å²) in [6.45, 7) is 5.69. The molecule has 0 N–H and O–H groups in total. The highest BCUT2D eigenvalue weighted by Crippen LogP contribution is 2.24. The highest BCUT2D eigenvalue weighted by atomic mass is 16.5. The molecule has 4 rings (SSSR count). The van der Waals surface area contributed by atoms with Gasteiger partial charge in [-0.25, -0.2) is 0 Å². The Kier molecular flexibility index (Phi) is 4.10. The monoisotopic (exact) mass is 325 g/mol. The third-order valence-electron chi connectivity index (χ3n) is 4.92. The lowest BCUT2D eigenvalue weighted by Crippen LogP contribution is -2.36. The van der Waals surface area contributed by atoms with Gasteiger partial charge in [-0.3, -0.25) is 9.48 Å². The van der Waals surface area contributed by atoms with E-state index in [9.17, 15) is 4.79 Å². The van der Waals surface area contributed by atoms with E-state index in [1.54, 1.807) is 0 Å². The average molecular weight is 325 g/mol. The van der Waals surface area contributed by atoms with Crippen molar-refractivity contribution in [3.05, 3.63) is 41.6 Å². The van der Waals surface area contributed by atoms with Crippen molar-refractivity contribution in [2.24, 2.45) is 5.92 Å². The summed E-state index contributed by atoms with van der Waals surface area (Å²) in [5, 5.41) is 4.77. The van der Waals surface area contributed by atoms with Gasteiger partial charge in [-0.05, 0) is 31.9 Å². The molecule has 5 heteroatoms. The van der Waals surface area contributed by atoms with Gasteiger partial charge in [0.15, 0.2) is 0 Å². The molecule has 0 saturated carbocycles. The summed E-state index contributed by atoms with van der Waals surface area (Å²) in [6.07, 6.45) is 1.80. The molecule has 1 aromatic carbocycles. The topological polar surface area (TPSA) is 47.4 Å². The molecule has 2 aliphatic heterocycles. The number of carbonyl (C=O) groups excluding carboxylic acids is 1. The Morgan fingerprint density at radius 2 is 2.21 bits per heavy atom. The Morgan fingerprint density at radius 1 is 1.29 bits per heavy atom. The van der Waals surface area contributed by atoms with E-state index in [-0.39, 0.29) is 11.8 Å². The van der Waals surface area contributed by atoms with Crippen molar-refractivity contribution in [1.29, 1.82) is 0 Å². The van der Waals surface area contributed by atoms with Gasteiger partial charge < -0.3 is 9.64 Å². The quantitative estimate of drug-likeness (QED) is 0.853. The molecule has 0 aliphatic carbocycles. The van der Waals surface area contributed by atoms with E-state index in [0.29, 0.717) is 19.8 Å². The molecule has 1 amide bonds. The number of benzene rings is 1. The van der Waals surface area contributed by atoms with E-state index in [1.165, 1.54) is 5.56 Å². The van der Waals surface area contributed by atoms with Gasteiger partial charge in [0, 0.05) is 25.3 Å². The smallest absolute Gasteiger partial charge is 0.228 e. The molecule has 0 spiro atoms. The predicted octanol–water partition coefficient (Wildman–Crippen LogP) is 2.63. The maximum Gasteiger partial charge on any atom is 0.228 e. The Hall–Kier alpha value is -2.14. The fraction of sp³-hybridized carbons (Fsp3) is 0.474. The second kappa shape index (κ2) is 6.40. The van der Waals surface area contributed by atoms with Gasteiger partial charge >= 0.3 is 0 Å². The highest BCUT2D eigenvalue weighted by Gasteiger charge is 2.29. The summed E-state index contributed by atoms with van der Waals surface area (Å²) in [5.74, 6) is 0.273. The van der Waals surface area contributed by atoms with Crippen molar-refractivity contribution in [2.45, 2.75) is 32.9 Å². The average Bonchev–Trinajstić information content (AvgIpc) is 3.20. The van der Waals surface area contributed by atoms with E-state index >= 15 is 0 Å². The maximum atomic E-state index is 12.7. The first kappa shape index (κ1) is 15.4. The number of hydrogen-bond acceptors (Lipinski definition) is 3. The number of rotatable bonds is 2. The fourth-order valence-electron chi connectivity index (χ4n) is 3.58. The summed E-state index contributed by atoms with van der Waals surface area (Å²) < 4.78 is 7.44. The molecule has 2 aromatic rings. The fourth-order valence-corrected chi connectivity index (χ4v) is 3.58. The molecule has 24 heavy (non-hydrogen) atoms. The first-order chi connectivity index (χ1) is 11.7. The van der Waals surface area contributed by atoms with Crippen LogP contribution in [0.15, 0.2) is 30.3 Å². The van der Waals surface area contributed by atoms with E-state index in [1.807, 2.05) is 4.90 Å². The number of amides is 1. The van der Waals surface area contributed by atoms with Crippen LogP contribution >= 0.6 is 0 Å². The van der Waals surface area contributed by atoms with Crippen LogP contribution in [0, 0.1) is 12.8 Å². The molecule has 5 nitrogen and oxygen atoms in total. The first-order valence-electron chi connectivity index (χ1n) is 8.71. The lowest BCUT2D eigenvalue weighted by Gasteiger charge is -2.22. The van der Waals surface area contributed by atoms with Crippen molar-refractivity contribution < 1.29 is 9.53 Å². The predicted molar refractivity (Wildman–Crippen MR) is 91.4 cm³/mol. The van der Waals surface area contributed by atoms with Crippen molar-refractivity contribution in [3.8, 4) is 11.3 Å². The van der Waals surface area contributed by atoms with Gasteiger partial charge in [0.1, 0.15) is 0 Å². The van der Waals surface area contributed by atoms with Crippen LogP contribution in [-0.2, 0) is 22.6 Å². The molecule has 1 fully saturated rings. The standard InChI is InChI=1S/C19H23N3O2/c1-14-4-2-5-15(10-14)18-11-17-12-21(7-3-8-22(17)20-18)19(23)16-6-9-24-13-16/h2,4-5,10-11,16H,3,6-9,12-13H2,1H3/t16-/m0/s1. The zero-order valence-electron chi connectivity index (χ0n) is 14.1. The minimum Gasteiger partial charge on any atom is -0.381 e. The number of nitrogens with zero attached hydrogens (tertiary/aromatic N) is 3. The van der Waals surface area contributed by atoms with Crippen LogP contribution in [0.2, 0.25) is 0 Å². The molecule has 0 radical (unpaired) electrons. The number of carbonyl (C=O) groups is 1. The third kappa shape index (κ3) is 2.96. The zero-order valence-corrected chi connectivity index (χ0v) is 14.1. The van der Waals surface area contributed by atoms with Gasteiger partial charge in [-0.15, -0.1) is 0 Å². The number of ether oxygens (including phenoxy) is 1. The molecule has 0 bridgehead atoms. The normalized spacial score (nSPS) is 20.7. The Labute approximate surface area is 142 Å². The Bertz CT molecular complexity index is 747. The maximum absolute atomic E-state index is 12.7. The van der Waals surface area contributed by atoms with Crippen molar-refractivity contribution >= 4 is 5.91 Å². The molecule has 1 atom stereocenters. The van der Waals surface area contributed by atoms with Crippen LogP contribution in [-0.4, -0.2) is 40.3 Å². The molecule has 1 aromatic heterocycles. The SMILES string of the molecule is Cc1cccc(-c2cc3n(n2)CCCN(C(=O)[C@H]2CCOC2)C3)c1. The molecular weight excluding hydrogens is 302 g/mol. The second-order valence-electron chi connectivity index (χ2n) is 6.79. The van der Waals surface area contributed by atoms with Crippen molar-refractivity contribution in [2.75, 3.05) is 19.8 Å². The van der Waals surface area contributed by atoms with E-state index < -0.39 is 0 Å². The van der Waals surface area contributed by atoms with E-state index in [2.05, 4.69) is 41.9 Å². The number of fused-ring (bicyclic) bond motifs is 1. The second-order valence-corrected chi connectivity index (χ2v) is 6.79. The largest absolute Gasteiger partial charge is 0.381 e. The molecule has 0 unspecified atom stereocenters.